The molecule has 2 aromatic heterocycles. The Kier molecular flexibility index (Phi) is 5.47. The standard InChI is InChI=1S/C14H14Cl2N4O/c1-2-3-10(9-4-5-11(15)17-6-9)14(21)20-13-8-18-12(16)7-19-13/h4-8,10H,2-3H2,1H3,(H,19,20,21). The third-order valence-corrected chi connectivity index (χ3v) is 3.34. The van der Waals surface area contributed by atoms with Crippen LogP contribution in [-0.2, 0) is 4.79 Å². The first-order valence-corrected chi connectivity index (χ1v) is 7.25. The second-order valence-corrected chi connectivity index (χ2v) is 5.24. The molecule has 0 radical (unpaired) electrons. The zero-order valence-corrected chi connectivity index (χ0v) is 12.9. The normalized spacial score (nSPS) is 12.0. The summed E-state index contributed by atoms with van der Waals surface area (Å²) in [6, 6.07) is 3.48. The van der Waals surface area contributed by atoms with Crippen LogP contribution in [0.2, 0.25) is 10.3 Å². The molecule has 1 amide bonds. The SMILES string of the molecule is CCCC(C(=O)Nc1cnc(Cl)cn1)c1ccc(Cl)nc1. The molecule has 1 atom stereocenters. The smallest absolute Gasteiger partial charge is 0.233 e. The summed E-state index contributed by atoms with van der Waals surface area (Å²) in [4.78, 5) is 24.3. The lowest BCUT2D eigenvalue weighted by Gasteiger charge is -2.15. The molecule has 0 saturated heterocycles. The summed E-state index contributed by atoms with van der Waals surface area (Å²) in [5.41, 5.74) is 0.820. The first-order chi connectivity index (χ1) is 10.1. The largest absolute Gasteiger partial charge is 0.309 e. The van der Waals surface area contributed by atoms with E-state index in [2.05, 4.69) is 20.3 Å². The van der Waals surface area contributed by atoms with Gasteiger partial charge in [-0.05, 0) is 18.1 Å². The van der Waals surface area contributed by atoms with Crippen LogP contribution in [0.4, 0.5) is 5.82 Å². The quantitative estimate of drug-likeness (QED) is 0.851. The number of rotatable bonds is 5. The molecule has 0 fully saturated rings. The van der Waals surface area contributed by atoms with Gasteiger partial charge >= 0.3 is 0 Å². The van der Waals surface area contributed by atoms with Gasteiger partial charge in [0.15, 0.2) is 5.82 Å². The molecule has 2 aromatic rings. The highest BCUT2D eigenvalue weighted by Gasteiger charge is 2.20. The Hall–Kier alpha value is -1.72. The van der Waals surface area contributed by atoms with Crippen LogP contribution >= 0.6 is 23.2 Å². The fraction of sp³-hybridized carbons (Fsp3) is 0.286. The first-order valence-electron chi connectivity index (χ1n) is 6.50. The number of hydrogen-bond donors (Lipinski definition) is 1. The van der Waals surface area contributed by atoms with Crippen LogP contribution < -0.4 is 5.32 Å². The fourth-order valence-electron chi connectivity index (χ4n) is 1.92. The van der Waals surface area contributed by atoms with E-state index in [1.807, 2.05) is 13.0 Å². The van der Waals surface area contributed by atoms with Crippen LogP contribution in [0.25, 0.3) is 0 Å². The minimum Gasteiger partial charge on any atom is -0.309 e. The van der Waals surface area contributed by atoms with Crippen molar-refractivity contribution in [3.8, 4) is 0 Å². The van der Waals surface area contributed by atoms with E-state index < -0.39 is 0 Å². The van der Waals surface area contributed by atoms with Gasteiger partial charge in [0.1, 0.15) is 10.3 Å². The van der Waals surface area contributed by atoms with E-state index in [1.54, 1.807) is 12.3 Å². The van der Waals surface area contributed by atoms with Crippen molar-refractivity contribution in [1.82, 2.24) is 15.0 Å². The number of carbonyl (C=O) groups is 1. The number of halogens is 2. The minimum atomic E-state index is -0.308. The molecule has 0 spiro atoms. The maximum absolute atomic E-state index is 12.4. The lowest BCUT2D eigenvalue weighted by molar-refractivity contribution is -0.117. The van der Waals surface area contributed by atoms with E-state index in [9.17, 15) is 4.79 Å². The van der Waals surface area contributed by atoms with Crippen molar-refractivity contribution in [3.05, 3.63) is 46.6 Å². The van der Waals surface area contributed by atoms with Crippen LogP contribution in [0.15, 0.2) is 30.7 Å². The summed E-state index contributed by atoms with van der Waals surface area (Å²) in [5, 5.41) is 3.41. The highest BCUT2D eigenvalue weighted by atomic mass is 35.5. The monoisotopic (exact) mass is 324 g/mol. The van der Waals surface area contributed by atoms with Crippen molar-refractivity contribution in [2.24, 2.45) is 0 Å². The Bertz CT molecular complexity index is 601. The van der Waals surface area contributed by atoms with Gasteiger partial charge in [-0.25, -0.2) is 15.0 Å². The molecular formula is C14H14Cl2N4O. The van der Waals surface area contributed by atoms with E-state index in [4.69, 9.17) is 23.2 Å². The minimum absolute atomic E-state index is 0.155. The van der Waals surface area contributed by atoms with Crippen molar-refractivity contribution >= 4 is 34.9 Å². The zero-order valence-electron chi connectivity index (χ0n) is 11.4. The summed E-state index contributed by atoms with van der Waals surface area (Å²) in [6.45, 7) is 2.02. The molecule has 0 saturated carbocycles. The summed E-state index contributed by atoms with van der Waals surface area (Å²) in [5.74, 6) is -0.0951. The number of nitrogens with one attached hydrogen (secondary N) is 1. The maximum Gasteiger partial charge on any atom is 0.233 e. The first kappa shape index (κ1) is 15.7. The summed E-state index contributed by atoms with van der Waals surface area (Å²) in [7, 11) is 0. The molecule has 2 rings (SSSR count). The molecule has 0 aliphatic heterocycles. The number of anilines is 1. The van der Waals surface area contributed by atoms with Gasteiger partial charge < -0.3 is 5.32 Å². The van der Waals surface area contributed by atoms with Gasteiger partial charge in [-0.3, -0.25) is 4.79 Å². The summed E-state index contributed by atoms with van der Waals surface area (Å²) in [6.07, 6.45) is 6.00. The van der Waals surface area contributed by atoms with Crippen molar-refractivity contribution in [2.75, 3.05) is 5.32 Å². The Labute approximate surface area is 132 Å². The number of amides is 1. The van der Waals surface area contributed by atoms with Crippen molar-refractivity contribution in [3.63, 3.8) is 0 Å². The lowest BCUT2D eigenvalue weighted by Crippen LogP contribution is -2.22. The van der Waals surface area contributed by atoms with Gasteiger partial charge in [0, 0.05) is 6.20 Å². The van der Waals surface area contributed by atoms with Crippen LogP contribution in [0, 0.1) is 0 Å². The third-order valence-electron chi connectivity index (χ3n) is 2.92. The number of nitrogens with zero attached hydrogens (tertiary/aromatic N) is 3. The summed E-state index contributed by atoms with van der Waals surface area (Å²) < 4.78 is 0. The van der Waals surface area contributed by atoms with Crippen LogP contribution in [0.3, 0.4) is 0 Å². The molecule has 0 bridgehead atoms. The Morgan fingerprint density at radius 1 is 1.14 bits per heavy atom. The number of aromatic nitrogens is 3. The molecular weight excluding hydrogens is 311 g/mol. The molecule has 5 nitrogen and oxygen atoms in total. The Balaban J connectivity index is 2.15. The molecule has 0 aliphatic carbocycles. The number of carbonyl (C=O) groups excluding carboxylic acids is 1. The molecule has 0 aromatic carbocycles. The van der Waals surface area contributed by atoms with Gasteiger partial charge in [-0.15, -0.1) is 0 Å². The van der Waals surface area contributed by atoms with Gasteiger partial charge in [0.25, 0.3) is 0 Å². The third kappa shape index (κ3) is 4.37. The predicted octanol–water partition coefficient (Wildman–Crippen LogP) is 3.70. The molecule has 110 valence electrons. The van der Waals surface area contributed by atoms with E-state index in [0.717, 1.165) is 12.0 Å². The molecule has 1 N–H and O–H groups in total. The van der Waals surface area contributed by atoms with Crippen LogP contribution in [-0.4, -0.2) is 20.9 Å². The van der Waals surface area contributed by atoms with Crippen molar-refractivity contribution < 1.29 is 4.79 Å². The van der Waals surface area contributed by atoms with E-state index >= 15 is 0 Å². The number of hydrogen-bond acceptors (Lipinski definition) is 4. The molecule has 1 unspecified atom stereocenters. The molecule has 21 heavy (non-hydrogen) atoms. The van der Waals surface area contributed by atoms with Crippen LogP contribution in [0.1, 0.15) is 31.2 Å². The van der Waals surface area contributed by atoms with Gasteiger partial charge in [0.2, 0.25) is 5.91 Å². The summed E-state index contributed by atoms with van der Waals surface area (Å²) >= 11 is 11.4. The second kappa shape index (κ2) is 7.33. The van der Waals surface area contributed by atoms with Crippen molar-refractivity contribution in [1.29, 1.82) is 0 Å². The van der Waals surface area contributed by atoms with Gasteiger partial charge in [0.05, 0.1) is 18.3 Å². The Morgan fingerprint density at radius 2 is 1.90 bits per heavy atom. The van der Waals surface area contributed by atoms with Gasteiger partial charge in [-0.1, -0.05) is 42.6 Å². The molecule has 2 heterocycles. The van der Waals surface area contributed by atoms with E-state index in [1.165, 1.54) is 12.4 Å². The van der Waals surface area contributed by atoms with E-state index in [0.29, 0.717) is 17.4 Å². The highest BCUT2D eigenvalue weighted by Crippen LogP contribution is 2.23. The lowest BCUT2D eigenvalue weighted by atomic mass is 9.95. The van der Waals surface area contributed by atoms with Gasteiger partial charge in [-0.2, -0.15) is 0 Å². The van der Waals surface area contributed by atoms with Crippen LogP contribution in [0.5, 0.6) is 0 Å². The highest BCUT2D eigenvalue weighted by molar-refractivity contribution is 6.29. The second-order valence-electron chi connectivity index (χ2n) is 4.47. The molecule has 0 aliphatic rings. The number of pyridine rings is 1. The fourth-order valence-corrected chi connectivity index (χ4v) is 2.13. The average molecular weight is 325 g/mol. The average Bonchev–Trinajstić information content (AvgIpc) is 2.48. The maximum atomic E-state index is 12.4. The Morgan fingerprint density at radius 3 is 2.48 bits per heavy atom. The predicted molar refractivity (Wildman–Crippen MR) is 82.6 cm³/mol. The molecule has 7 heteroatoms. The zero-order chi connectivity index (χ0) is 15.2. The van der Waals surface area contributed by atoms with E-state index in [-0.39, 0.29) is 17.0 Å². The van der Waals surface area contributed by atoms with Crippen molar-refractivity contribution in [2.45, 2.75) is 25.7 Å². The topological polar surface area (TPSA) is 67.8 Å².